The van der Waals surface area contributed by atoms with Gasteiger partial charge in [-0.1, -0.05) is 12.2 Å². The molecule has 124 valence electrons. The summed E-state index contributed by atoms with van der Waals surface area (Å²) < 4.78 is 7.85. The lowest BCUT2D eigenvalue weighted by atomic mass is 10.1. The third-order valence-corrected chi connectivity index (χ3v) is 4.79. The lowest BCUT2D eigenvalue weighted by Gasteiger charge is -2.21. The summed E-state index contributed by atoms with van der Waals surface area (Å²) in [7, 11) is 0. The number of aromatic nitrogens is 4. The van der Waals surface area contributed by atoms with Crippen LogP contribution in [0.2, 0.25) is 0 Å². The number of anilines is 1. The Morgan fingerprint density at radius 2 is 2.30 bits per heavy atom. The molecule has 4 atom stereocenters. The molecule has 1 fully saturated rings. The Morgan fingerprint density at radius 3 is 3.00 bits per heavy atom. The standard InChI is InChI=1S/C12H16N6O3S2/c1-23-12(22)17-6-5(2-19)21-11(8(6)20)18-4-16-7-9(13)14-3-15-10(7)18/h3-6,8,11,19-20H,2H2,1H3,(H,17,22)(H2,13,14,15). The van der Waals surface area contributed by atoms with Crippen LogP contribution in [0.3, 0.4) is 0 Å². The van der Waals surface area contributed by atoms with Crippen molar-refractivity contribution in [2.45, 2.75) is 24.5 Å². The van der Waals surface area contributed by atoms with Gasteiger partial charge in [0, 0.05) is 0 Å². The highest BCUT2D eigenvalue weighted by atomic mass is 32.2. The lowest BCUT2D eigenvalue weighted by Crippen LogP contribution is -2.47. The first-order valence-electron chi connectivity index (χ1n) is 6.78. The van der Waals surface area contributed by atoms with E-state index in [1.165, 1.54) is 24.4 Å². The normalized spacial score (nSPS) is 27.4. The number of ether oxygens (including phenoxy) is 1. The van der Waals surface area contributed by atoms with Gasteiger partial charge in [-0.3, -0.25) is 4.57 Å². The summed E-state index contributed by atoms with van der Waals surface area (Å²) in [5.74, 6) is 0.248. The highest BCUT2D eigenvalue weighted by Gasteiger charge is 2.45. The molecule has 2 aromatic heterocycles. The van der Waals surface area contributed by atoms with E-state index in [0.717, 1.165) is 0 Å². The third kappa shape index (κ3) is 2.85. The Labute approximate surface area is 141 Å². The number of thiocarbonyl (C=S) groups is 1. The number of hydrogen-bond acceptors (Lipinski definition) is 9. The highest BCUT2D eigenvalue weighted by molar-refractivity contribution is 8.22. The maximum absolute atomic E-state index is 10.6. The lowest BCUT2D eigenvalue weighted by molar-refractivity contribution is -0.0489. The van der Waals surface area contributed by atoms with Crippen LogP contribution in [0.25, 0.3) is 11.2 Å². The van der Waals surface area contributed by atoms with Gasteiger partial charge >= 0.3 is 0 Å². The molecule has 2 aromatic rings. The van der Waals surface area contributed by atoms with E-state index >= 15 is 0 Å². The van der Waals surface area contributed by atoms with Crippen LogP contribution in [0.5, 0.6) is 0 Å². The second-order valence-electron chi connectivity index (χ2n) is 4.98. The molecule has 1 aliphatic rings. The average Bonchev–Trinajstić information content (AvgIpc) is 3.10. The predicted octanol–water partition coefficient (Wildman–Crippen LogP) is -0.735. The van der Waals surface area contributed by atoms with Crippen LogP contribution in [-0.2, 0) is 4.74 Å². The Bertz CT molecular complexity index is 726. The minimum atomic E-state index is -0.953. The van der Waals surface area contributed by atoms with Gasteiger partial charge in [-0.05, 0) is 6.26 Å². The number of nitrogens with one attached hydrogen (secondary N) is 1. The number of nitrogens with two attached hydrogens (primary N) is 1. The van der Waals surface area contributed by atoms with Gasteiger partial charge in [-0.2, -0.15) is 0 Å². The number of imidazole rings is 1. The number of nitrogens with zero attached hydrogens (tertiary/aromatic N) is 4. The molecule has 0 radical (unpaired) electrons. The predicted molar refractivity (Wildman–Crippen MR) is 89.8 cm³/mol. The van der Waals surface area contributed by atoms with Gasteiger partial charge in [-0.25, -0.2) is 15.0 Å². The molecule has 3 heterocycles. The third-order valence-electron chi connectivity index (χ3n) is 3.69. The average molecular weight is 356 g/mol. The monoisotopic (exact) mass is 356 g/mol. The van der Waals surface area contributed by atoms with Crippen molar-refractivity contribution in [2.75, 3.05) is 18.6 Å². The molecular formula is C12H16N6O3S2. The van der Waals surface area contributed by atoms with Crippen molar-refractivity contribution in [1.82, 2.24) is 24.8 Å². The number of hydrogen-bond donors (Lipinski definition) is 4. The van der Waals surface area contributed by atoms with Gasteiger partial charge in [0.05, 0.1) is 19.0 Å². The first kappa shape index (κ1) is 16.3. The second-order valence-corrected chi connectivity index (χ2v) is 6.47. The van der Waals surface area contributed by atoms with Crippen molar-refractivity contribution in [3.8, 4) is 0 Å². The zero-order valence-corrected chi connectivity index (χ0v) is 13.8. The van der Waals surface area contributed by atoms with Crippen LogP contribution in [0.1, 0.15) is 6.23 Å². The first-order chi connectivity index (χ1) is 11.1. The molecule has 5 N–H and O–H groups in total. The van der Waals surface area contributed by atoms with E-state index in [1.54, 1.807) is 4.57 Å². The molecule has 0 amide bonds. The van der Waals surface area contributed by atoms with Gasteiger partial charge in [0.15, 0.2) is 17.7 Å². The molecular weight excluding hydrogens is 340 g/mol. The fourth-order valence-electron chi connectivity index (χ4n) is 2.56. The zero-order chi connectivity index (χ0) is 16.6. The SMILES string of the molecule is CSC(=S)NC1C(CO)OC(n2cnc3c(N)ncnc32)C1O. The summed E-state index contributed by atoms with van der Waals surface area (Å²) in [5, 5.41) is 23.1. The number of thioether (sulfide) groups is 1. The summed E-state index contributed by atoms with van der Waals surface area (Å²) in [6, 6.07) is -0.540. The number of fused-ring (bicyclic) bond motifs is 1. The van der Waals surface area contributed by atoms with Crippen molar-refractivity contribution in [1.29, 1.82) is 0 Å². The fraction of sp³-hybridized carbons (Fsp3) is 0.500. The number of rotatable bonds is 3. The van der Waals surface area contributed by atoms with Crippen LogP contribution < -0.4 is 11.1 Å². The molecule has 11 heteroatoms. The molecule has 0 aliphatic carbocycles. The van der Waals surface area contributed by atoms with Crippen molar-refractivity contribution in [3.63, 3.8) is 0 Å². The van der Waals surface area contributed by atoms with E-state index in [2.05, 4.69) is 20.3 Å². The van der Waals surface area contributed by atoms with Crippen LogP contribution in [-0.4, -0.2) is 65.2 Å². The first-order valence-corrected chi connectivity index (χ1v) is 8.42. The second kappa shape index (κ2) is 6.53. The smallest absolute Gasteiger partial charge is 0.167 e. The van der Waals surface area contributed by atoms with Gasteiger partial charge < -0.3 is 26.0 Å². The van der Waals surface area contributed by atoms with Crippen molar-refractivity contribution in [2.24, 2.45) is 0 Å². The summed E-state index contributed by atoms with van der Waals surface area (Å²) in [4.78, 5) is 12.2. The van der Waals surface area contributed by atoms with Gasteiger partial charge in [0.1, 0.15) is 28.4 Å². The molecule has 9 nitrogen and oxygen atoms in total. The molecule has 1 aliphatic heterocycles. The van der Waals surface area contributed by atoms with Gasteiger partial charge in [-0.15, -0.1) is 11.8 Å². The van der Waals surface area contributed by atoms with Crippen LogP contribution in [0.15, 0.2) is 12.7 Å². The van der Waals surface area contributed by atoms with Crippen molar-refractivity contribution in [3.05, 3.63) is 12.7 Å². The maximum Gasteiger partial charge on any atom is 0.167 e. The fourth-order valence-corrected chi connectivity index (χ4v) is 2.95. The molecule has 1 saturated heterocycles. The molecule has 3 rings (SSSR count). The van der Waals surface area contributed by atoms with Gasteiger partial charge in [0.25, 0.3) is 0 Å². The summed E-state index contributed by atoms with van der Waals surface area (Å²) >= 11 is 6.47. The number of aliphatic hydroxyl groups is 2. The van der Waals surface area contributed by atoms with Gasteiger partial charge in [0.2, 0.25) is 0 Å². The van der Waals surface area contributed by atoms with E-state index < -0.39 is 24.5 Å². The minimum absolute atomic E-state index is 0.248. The van der Waals surface area contributed by atoms with Crippen LogP contribution in [0, 0.1) is 0 Å². The molecule has 0 spiro atoms. The maximum atomic E-state index is 10.6. The van der Waals surface area contributed by atoms with Crippen LogP contribution >= 0.6 is 24.0 Å². The van der Waals surface area contributed by atoms with E-state index in [-0.39, 0.29) is 12.4 Å². The van der Waals surface area contributed by atoms with E-state index in [9.17, 15) is 10.2 Å². The summed E-state index contributed by atoms with van der Waals surface area (Å²) in [6.45, 7) is -0.258. The molecule has 0 saturated carbocycles. The van der Waals surface area contributed by atoms with E-state index in [1.807, 2.05) is 6.26 Å². The van der Waals surface area contributed by atoms with Crippen molar-refractivity contribution >= 4 is 45.3 Å². The zero-order valence-electron chi connectivity index (χ0n) is 12.2. The Kier molecular flexibility index (Phi) is 4.64. The Hall–Kier alpha value is -1.53. The van der Waals surface area contributed by atoms with Crippen LogP contribution in [0.4, 0.5) is 5.82 Å². The highest BCUT2D eigenvalue weighted by Crippen LogP contribution is 2.32. The quantitative estimate of drug-likeness (QED) is 0.522. The van der Waals surface area contributed by atoms with E-state index in [4.69, 9.17) is 22.7 Å². The molecule has 0 aromatic carbocycles. The summed E-state index contributed by atoms with van der Waals surface area (Å²) in [5.41, 5.74) is 6.65. The topological polar surface area (TPSA) is 131 Å². The largest absolute Gasteiger partial charge is 0.394 e. The Balaban J connectivity index is 1.93. The molecule has 4 unspecified atom stereocenters. The summed E-state index contributed by atoms with van der Waals surface area (Å²) in [6.07, 6.45) is 2.29. The minimum Gasteiger partial charge on any atom is -0.394 e. The molecule has 23 heavy (non-hydrogen) atoms. The number of nitrogen functional groups attached to an aromatic ring is 1. The Morgan fingerprint density at radius 1 is 1.52 bits per heavy atom. The molecule has 0 bridgehead atoms. The van der Waals surface area contributed by atoms with Crippen molar-refractivity contribution < 1.29 is 14.9 Å². The number of aliphatic hydroxyl groups excluding tert-OH is 2. The van der Waals surface area contributed by atoms with E-state index in [0.29, 0.717) is 15.5 Å².